The van der Waals surface area contributed by atoms with Crippen LogP contribution in [0.4, 0.5) is 0 Å². The quantitative estimate of drug-likeness (QED) is 0.471. The van der Waals surface area contributed by atoms with Crippen LogP contribution in [-0.2, 0) is 11.3 Å². The first-order valence-electron chi connectivity index (χ1n) is 12.1. The van der Waals surface area contributed by atoms with Crippen molar-refractivity contribution in [2.45, 2.75) is 44.2 Å². The normalized spacial score (nSPS) is 20.8. The Hall–Kier alpha value is -2.62. The summed E-state index contributed by atoms with van der Waals surface area (Å²) >= 11 is 6.47. The van der Waals surface area contributed by atoms with Crippen LogP contribution < -0.4 is 5.32 Å². The van der Waals surface area contributed by atoms with Crippen molar-refractivity contribution in [3.8, 4) is 11.1 Å². The number of benzene rings is 3. The number of nitrogens with zero attached hydrogens (tertiary/aromatic N) is 1. The summed E-state index contributed by atoms with van der Waals surface area (Å²) in [6.45, 7) is 2.26. The van der Waals surface area contributed by atoms with Crippen molar-refractivity contribution < 1.29 is 4.79 Å². The topological polar surface area (TPSA) is 32.3 Å². The van der Waals surface area contributed by atoms with Crippen molar-refractivity contribution in [1.29, 1.82) is 0 Å². The molecule has 2 aliphatic rings. The van der Waals surface area contributed by atoms with Gasteiger partial charge in [-0.1, -0.05) is 84.4 Å². The molecule has 3 aromatic rings. The molecule has 170 valence electrons. The van der Waals surface area contributed by atoms with Crippen molar-refractivity contribution in [1.82, 2.24) is 10.2 Å². The monoisotopic (exact) mass is 458 g/mol. The van der Waals surface area contributed by atoms with E-state index >= 15 is 0 Å². The zero-order chi connectivity index (χ0) is 22.6. The number of carbonyl (C=O) groups is 1. The fourth-order valence-corrected chi connectivity index (χ4v) is 5.40. The van der Waals surface area contributed by atoms with Crippen LogP contribution >= 0.6 is 11.6 Å². The van der Waals surface area contributed by atoms with Crippen LogP contribution in [0.1, 0.15) is 42.7 Å². The van der Waals surface area contributed by atoms with Crippen molar-refractivity contribution in [2.24, 2.45) is 5.92 Å². The van der Waals surface area contributed by atoms with Crippen LogP contribution in [0.15, 0.2) is 78.9 Å². The van der Waals surface area contributed by atoms with E-state index in [1.54, 1.807) is 0 Å². The van der Waals surface area contributed by atoms with Gasteiger partial charge in [0.25, 0.3) is 0 Å². The third kappa shape index (κ3) is 4.85. The van der Waals surface area contributed by atoms with Crippen LogP contribution in [-0.4, -0.2) is 29.9 Å². The molecule has 3 aromatic carbocycles. The molecule has 1 amide bonds. The second-order valence-corrected chi connectivity index (χ2v) is 9.75. The smallest absolute Gasteiger partial charge is 0.228 e. The van der Waals surface area contributed by atoms with Gasteiger partial charge in [0, 0.05) is 24.2 Å². The number of piperidine rings is 1. The van der Waals surface area contributed by atoms with E-state index in [0.29, 0.717) is 12.6 Å². The number of halogens is 1. The molecule has 1 saturated carbocycles. The largest absolute Gasteiger partial charge is 0.335 e. The third-order valence-electron chi connectivity index (χ3n) is 7.32. The van der Waals surface area contributed by atoms with E-state index in [4.69, 9.17) is 11.6 Å². The van der Waals surface area contributed by atoms with Crippen molar-refractivity contribution in [2.75, 3.05) is 13.1 Å². The van der Waals surface area contributed by atoms with Gasteiger partial charge in [-0.25, -0.2) is 0 Å². The minimum atomic E-state index is -0.0622. The van der Waals surface area contributed by atoms with Gasteiger partial charge < -0.3 is 10.2 Å². The second-order valence-electron chi connectivity index (χ2n) is 9.34. The van der Waals surface area contributed by atoms with Gasteiger partial charge >= 0.3 is 0 Å². The maximum Gasteiger partial charge on any atom is 0.228 e. The lowest BCUT2D eigenvalue weighted by Gasteiger charge is -2.42. The Morgan fingerprint density at radius 2 is 1.67 bits per heavy atom. The van der Waals surface area contributed by atoms with Crippen LogP contribution in [0, 0.1) is 5.92 Å². The van der Waals surface area contributed by atoms with Gasteiger partial charge in [0.15, 0.2) is 0 Å². The van der Waals surface area contributed by atoms with E-state index in [2.05, 4.69) is 58.7 Å². The molecule has 1 aliphatic carbocycles. The Morgan fingerprint density at radius 3 is 2.42 bits per heavy atom. The van der Waals surface area contributed by atoms with Gasteiger partial charge in [0.1, 0.15) is 0 Å². The lowest BCUT2D eigenvalue weighted by atomic mass is 9.78. The molecule has 3 nitrogen and oxygen atoms in total. The van der Waals surface area contributed by atoms with E-state index in [1.165, 1.54) is 23.1 Å². The van der Waals surface area contributed by atoms with Gasteiger partial charge in [0.2, 0.25) is 5.91 Å². The van der Waals surface area contributed by atoms with Gasteiger partial charge in [-0.15, -0.1) is 0 Å². The summed E-state index contributed by atoms with van der Waals surface area (Å²) in [6, 6.07) is 27.5. The predicted molar refractivity (Wildman–Crippen MR) is 135 cm³/mol. The summed E-state index contributed by atoms with van der Waals surface area (Å²) < 4.78 is 0. The van der Waals surface area contributed by atoms with Crippen LogP contribution in [0.3, 0.4) is 0 Å². The van der Waals surface area contributed by atoms with E-state index in [0.717, 1.165) is 42.9 Å². The average molecular weight is 459 g/mol. The molecule has 0 bridgehead atoms. The highest BCUT2D eigenvalue weighted by molar-refractivity contribution is 6.31. The van der Waals surface area contributed by atoms with Crippen LogP contribution in [0.5, 0.6) is 0 Å². The second kappa shape index (κ2) is 10.1. The number of rotatable bonds is 6. The molecule has 1 aliphatic heterocycles. The summed E-state index contributed by atoms with van der Waals surface area (Å²) in [5.74, 6) is 0.422. The summed E-state index contributed by atoms with van der Waals surface area (Å²) in [5, 5.41) is 4.23. The van der Waals surface area contributed by atoms with E-state index in [9.17, 15) is 4.79 Å². The van der Waals surface area contributed by atoms with E-state index in [1.807, 2.05) is 30.3 Å². The Bertz CT molecular complexity index is 1100. The molecule has 2 fully saturated rings. The first-order valence-corrected chi connectivity index (χ1v) is 12.5. The van der Waals surface area contributed by atoms with E-state index < -0.39 is 0 Å². The SMILES string of the molecule is O=C([C@H]1CNCC[C@@H]1c1cccc(-c2ccccc2)c1)N(Cc1ccccc1Cl)C1CCC1. The molecule has 2 atom stereocenters. The van der Waals surface area contributed by atoms with Crippen molar-refractivity contribution in [3.63, 3.8) is 0 Å². The Kier molecular flexibility index (Phi) is 6.80. The predicted octanol–water partition coefficient (Wildman–Crippen LogP) is 6.28. The highest BCUT2D eigenvalue weighted by Crippen LogP contribution is 2.37. The standard InChI is InChI=1S/C29H31ClN2O/c30-28-15-5-4-10-24(28)20-32(25-13-7-14-25)29(33)27-19-31-17-16-26(27)23-12-6-11-22(18-23)21-8-2-1-3-9-21/h1-6,8-12,15,18,25-27,31H,7,13-14,16-17,19-20H2/t26-,27+/m1/s1. The van der Waals surface area contributed by atoms with Crippen molar-refractivity contribution >= 4 is 17.5 Å². The maximum atomic E-state index is 14.0. The van der Waals surface area contributed by atoms with Gasteiger partial charge in [-0.2, -0.15) is 0 Å². The Labute approximate surface area is 201 Å². The molecule has 1 saturated heterocycles. The summed E-state index contributed by atoms with van der Waals surface area (Å²) in [4.78, 5) is 16.2. The molecule has 4 heteroatoms. The molecular weight excluding hydrogens is 428 g/mol. The fraction of sp³-hybridized carbons (Fsp3) is 0.345. The minimum absolute atomic E-state index is 0.0622. The minimum Gasteiger partial charge on any atom is -0.335 e. The molecule has 1 heterocycles. The summed E-state index contributed by atoms with van der Waals surface area (Å²) in [5.41, 5.74) is 4.73. The Balaban J connectivity index is 1.42. The first-order chi connectivity index (χ1) is 16.2. The highest BCUT2D eigenvalue weighted by Gasteiger charge is 2.38. The number of amides is 1. The number of hydrogen-bond donors (Lipinski definition) is 1. The summed E-state index contributed by atoms with van der Waals surface area (Å²) in [7, 11) is 0. The molecular formula is C29H31ClN2O. The maximum absolute atomic E-state index is 14.0. The molecule has 0 aromatic heterocycles. The number of carbonyl (C=O) groups excluding carboxylic acids is 1. The molecule has 5 rings (SSSR count). The lowest BCUT2D eigenvalue weighted by molar-refractivity contribution is -0.141. The molecule has 0 unspecified atom stereocenters. The molecule has 33 heavy (non-hydrogen) atoms. The van der Waals surface area contributed by atoms with Gasteiger partial charge in [0.05, 0.1) is 5.92 Å². The first kappa shape index (κ1) is 22.2. The number of nitrogens with one attached hydrogen (secondary N) is 1. The number of hydrogen-bond acceptors (Lipinski definition) is 2. The van der Waals surface area contributed by atoms with Crippen LogP contribution in [0.25, 0.3) is 11.1 Å². The molecule has 0 spiro atoms. The lowest BCUT2D eigenvalue weighted by Crippen LogP contribution is -2.51. The zero-order valence-corrected chi connectivity index (χ0v) is 19.7. The van der Waals surface area contributed by atoms with Gasteiger partial charge in [-0.3, -0.25) is 4.79 Å². The third-order valence-corrected chi connectivity index (χ3v) is 7.69. The highest BCUT2D eigenvalue weighted by atomic mass is 35.5. The van der Waals surface area contributed by atoms with Gasteiger partial charge in [-0.05, 0) is 66.5 Å². The molecule has 0 radical (unpaired) electrons. The van der Waals surface area contributed by atoms with Crippen LogP contribution in [0.2, 0.25) is 5.02 Å². The molecule has 1 N–H and O–H groups in total. The van der Waals surface area contributed by atoms with E-state index in [-0.39, 0.29) is 17.7 Å². The zero-order valence-electron chi connectivity index (χ0n) is 18.9. The Morgan fingerprint density at radius 1 is 0.909 bits per heavy atom. The average Bonchev–Trinajstić information content (AvgIpc) is 2.84. The fourth-order valence-electron chi connectivity index (χ4n) is 5.20. The van der Waals surface area contributed by atoms with Crippen molar-refractivity contribution in [3.05, 3.63) is 95.0 Å². The summed E-state index contributed by atoms with van der Waals surface area (Å²) in [6.07, 6.45) is 4.34.